The average Bonchev–Trinajstić information content (AvgIpc) is 2.96. The van der Waals surface area contributed by atoms with E-state index in [2.05, 4.69) is 6.92 Å². The van der Waals surface area contributed by atoms with Crippen LogP contribution in [0, 0.1) is 0 Å². The maximum Gasteiger partial charge on any atom is 0.114 e. The summed E-state index contributed by atoms with van der Waals surface area (Å²) >= 11 is 1.66. The van der Waals surface area contributed by atoms with Crippen molar-refractivity contribution < 1.29 is 14.3 Å². The average molecular weight is 306 g/mol. The predicted octanol–water partition coefficient (Wildman–Crippen LogP) is 3.65. The number of hydrogen-bond donors (Lipinski definition) is 1. The maximum absolute atomic E-state index is 9.88. The molecule has 1 aromatic carbocycles. The molecule has 1 heterocycles. The third kappa shape index (κ3) is 5.96. The van der Waals surface area contributed by atoms with Crippen LogP contribution >= 0.6 is 11.8 Å². The van der Waals surface area contributed by atoms with Crippen LogP contribution in [0.4, 0.5) is 0 Å². The fourth-order valence-corrected chi connectivity index (χ4v) is 2.76. The van der Waals surface area contributed by atoms with Crippen LogP contribution in [0.3, 0.4) is 0 Å². The van der Waals surface area contributed by atoms with Crippen LogP contribution in [0.5, 0.6) is 0 Å². The second-order valence-corrected chi connectivity index (χ2v) is 5.92. The molecule has 0 aliphatic carbocycles. The number of aliphatic hydroxyl groups is 1. The van der Waals surface area contributed by atoms with Gasteiger partial charge in [0.2, 0.25) is 0 Å². The Bertz CT molecular complexity index is 510. The van der Waals surface area contributed by atoms with E-state index in [0.717, 1.165) is 29.3 Å². The summed E-state index contributed by atoms with van der Waals surface area (Å²) < 4.78 is 11.1. The van der Waals surface area contributed by atoms with Crippen molar-refractivity contribution >= 4 is 11.8 Å². The Morgan fingerprint density at radius 3 is 2.62 bits per heavy atom. The molecule has 1 unspecified atom stereocenters. The molecular weight excluding hydrogens is 284 g/mol. The van der Waals surface area contributed by atoms with Crippen LogP contribution < -0.4 is 0 Å². The Morgan fingerprint density at radius 1 is 1.14 bits per heavy atom. The lowest BCUT2D eigenvalue weighted by molar-refractivity contribution is 0.0398. The number of hydrogen-bond acceptors (Lipinski definition) is 4. The van der Waals surface area contributed by atoms with Crippen molar-refractivity contribution in [1.82, 2.24) is 0 Å². The van der Waals surface area contributed by atoms with E-state index < -0.39 is 6.10 Å². The van der Waals surface area contributed by atoms with Gasteiger partial charge in [0, 0.05) is 12.2 Å². The third-order valence-electron chi connectivity index (χ3n) is 3.04. The van der Waals surface area contributed by atoms with Gasteiger partial charge in [-0.25, -0.2) is 0 Å². The van der Waals surface area contributed by atoms with Gasteiger partial charge in [0.25, 0.3) is 0 Å². The number of benzene rings is 1. The molecular formula is C17H22O3S. The molecule has 4 heteroatoms. The van der Waals surface area contributed by atoms with Crippen LogP contribution in [-0.4, -0.2) is 23.6 Å². The minimum atomic E-state index is -0.445. The number of thioether (sulfide) groups is 1. The Morgan fingerprint density at radius 2 is 1.90 bits per heavy atom. The van der Waals surface area contributed by atoms with Crippen molar-refractivity contribution in [2.45, 2.75) is 31.8 Å². The highest BCUT2D eigenvalue weighted by Gasteiger charge is 2.06. The second-order valence-electron chi connectivity index (χ2n) is 4.89. The molecule has 0 spiro atoms. The Kier molecular flexibility index (Phi) is 6.86. The van der Waals surface area contributed by atoms with Gasteiger partial charge in [0.1, 0.15) is 11.5 Å². The minimum Gasteiger partial charge on any atom is -0.465 e. The minimum absolute atomic E-state index is 0.361. The molecule has 114 valence electrons. The van der Waals surface area contributed by atoms with Gasteiger partial charge in [0.05, 0.1) is 25.1 Å². The van der Waals surface area contributed by atoms with Gasteiger partial charge < -0.3 is 14.3 Å². The smallest absolute Gasteiger partial charge is 0.114 e. The quantitative estimate of drug-likeness (QED) is 0.768. The Balaban J connectivity index is 1.58. The molecule has 0 saturated heterocycles. The van der Waals surface area contributed by atoms with E-state index in [1.807, 2.05) is 42.5 Å². The van der Waals surface area contributed by atoms with Crippen LogP contribution in [-0.2, 0) is 23.5 Å². The van der Waals surface area contributed by atoms with Gasteiger partial charge >= 0.3 is 0 Å². The van der Waals surface area contributed by atoms with Gasteiger partial charge in [-0.05, 0) is 17.7 Å². The van der Waals surface area contributed by atoms with Gasteiger partial charge in [-0.15, -0.1) is 0 Å². The lowest BCUT2D eigenvalue weighted by atomic mass is 10.2. The summed E-state index contributed by atoms with van der Waals surface area (Å²) in [5, 5.41) is 9.88. The largest absolute Gasteiger partial charge is 0.465 e. The summed E-state index contributed by atoms with van der Waals surface area (Å²) in [6, 6.07) is 14.0. The highest BCUT2D eigenvalue weighted by atomic mass is 32.2. The van der Waals surface area contributed by atoms with E-state index in [1.54, 1.807) is 11.8 Å². The summed E-state index contributed by atoms with van der Waals surface area (Å²) in [6.07, 6.45) is 0.472. The second kappa shape index (κ2) is 8.93. The van der Waals surface area contributed by atoms with Crippen molar-refractivity contribution in [2.75, 3.05) is 12.4 Å². The number of furan rings is 1. The molecule has 0 aliphatic rings. The summed E-state index contributed by atoms with van der Waals surface area (Å²) in [5.41, 5.74) is 1.13. The molecule has 1 aromatic heterocycles. The van der Waals surface area contributed by atoms with E-state index in [-0.39, 0.29) is 0 Å². The summed E-state index contributed by atoms with van der Waals surface area (Å²) in [4.78, 5) is 0. The van der Waals surface area contributed by atoms with E-state index in [1.165, 1.54) is 0 Å². The van der Waals surface area contributed by atoms with Crippen LogP contribution in [0.1, 0.15) is 24.0 Å². The zero-order valence-corrected chi connectivity index (χ0v) is 13.1. The molecule has 2 rings (SSSR count). The van der Waals surface area contributed by atoms with E-state index >= 15 is 0 Å². The number of rotatable bonds is 9. The highest BCUT2D eigenvalue weighted by Crippen LogP contribution is 2.16. The van der Waals surface area contributed by atoms with Gasteiger partial charge in [-0.3, -0.25) is 0 Å². The van der Waals surface area contributed by atoms with E-state index in [4.69, 9.17) is 9.15 Å². The van der Waals surface area contributed by atoms with Crippen molar-refractivity contribution in [1.29, 1.82) is 0 Å². The highest BCUT2D eigenvalue weighted by molar-refractivity contribution is 7.98. The third-order valence-corrected chi connectivity index (χ3v) is 4.15. The molecule has 0 aliphatic heterocycles. The van der Waals surface area contributed by atoms with Crippen LogP contribution in [0.15, 0.2) is 46.9 Å². The molecule has 0 radical (unpaired) electrons. The monoisotopic (exact) mass is 306 g/mol. The topological polar surface area (TPSA) is 42.6 Å². The van der Waals surface area contributed by atoms with Gasteiger partial charge in [-0.1, -0.05) is 37.3 Å². The first-order valence-electron chi connectivity index (χ1n) is 7.23. The molecule has 3 nitrogen and oxygen atoms in total. The first-order chi connectivity index (χ1) is 10.3. The lowest BCUT2D eigenvalue weighted by Gasteiger charge is -2.10. The summed E-state index contributed by atoms with van der Waals surface area (Å²) in [5.74, 6) is 3.42. The van der Waals surface area contributed by atoms with Crippen molar-refractivity contribution in [2.24, 2.45) is 0 Å². The van der Waals surface area contributed by atoms with Crippen molar-refractivity contribution in [3.05, 3.63) is 59.5 Å². The number of aliphatic hydroxyl groups excluding tert-OH is 1. The zero-order chi connectivity index (χ0) is 14.9. The lowest BCUT2D eigenvalue weighted by Crippen LogP contribution is -2.18. The fraction of sp³-hybridized carbons (Fsp3) is 0.412. The first-order valence-corrected chi connectivity index (χ1v) is 8.38. The molecule has 0 saturated carbocycles. The maximum atomic E-state index is 9.88. The predicted molar refractivity (Wildman–Crippen MR) is 86.4 cm³/mol. The standard InChI is InChI=1S/C17H22O3S/c1-2-16-8-9-17(20-16)13-21-12-15(18)11-19-10-14-6-4-3-5-7-14/h3-9,15,18H,2,10-13H2,1H3. The zero-order valence-electron chi connectivity index (χ0n) is 12.3. The van der Waals surface area contributed by atoms with Crippen LogP contribution in [0.25, 0.3) is 0 Å². The number of aryl methyl sites for hydroxylation is 1. The van der Waals surface area contributed by atoms with Crippen LogP contribution in [0.2, 0.25) is 0 Å². The molecule has 2 aromatic rings. The SMILES string of the molecule is CCc1ccc(CSCC(O)COCc2ccccc2)o1. The normalized spacial score (nSPS) is 12.5. The number of ether oxygens (including phenoxy) is 1. The van der Waals surface area contributed by atoms with Gasteiger partial charge in [-0.2, -0.15) is 11.8 Å². The molecule has 1 N–H and O–H groups in total. The first kappa shape index (κ1) is 16.1. The molecule has 0 fully saturated rings. The van der Waals surface area contributed by atoms with E-state index in [0.29, 0.717) is 19.0 Å². The Hall–Kier alpha value is -1.23. The molecule has 0 amide bonds. The summed E-state index contributed by atoms with van der Waals surface area (Å²) in [7, 11) is 0. The van der Waals surface area contributed by atoms with Crippen molar-refractivity contribution in [3.8, 4) is 0 Å². The van der Waals surface area contributed by atoms with E-state index in [9.17, 15) is 5.11 Å². The summed E-state index contributed by atoms with van der Waals surface area (Å²) in [6.45, 7) is 2.98. The Labute approximate surface area is 130 Å². The molecule has 21 heavy (non-hydrogen) atoms. The fourth-order valence-electron chi connectivity index (χ4n) is 1.92. The molecule has 1 atom stereocenters. The molecule has 0 bridgehead atoms. The van der Waals surface area contributed by atoms with Gasteiger partial charge in [0.15, 0.2) is 0 Å². The van der Waals surface area contributed by atoms with Crippen molar-refractivity contribution in [3.63, 3.8) is 0 Å².